The summed E-state index contributed by atoms with van der Waals surface area (Å²) in [6, 6.07) is 1.26. The van der Waals surface area contributed by atoms with Gasteiger partial charge in [0.2, 0.25) is 9.84 Å². The van der Waals surface area contributed by atoms with Gasteiger partial charge in [0.15, 0.2) is 11.6 Å². The van der Waals surface area contributed by atoms with E-state index < -0.39 is 32.9 Å². The van der Waals surface area contributed by atoms with E-state index in [2.05, 4.69) is 0 Å². The summed E-state index contributed by atoms with van der Waals surface area (Å²) >= 11 is 0. The van der Waals surface area contributed by atoms with E-state index in [9.17, 15) is 21.6 Å². The van der Waals surface area contributed by atoms with Gasteiger partial charge in [0.05, 0.1) is 6.26 Å². The third kappa shape index (κ3) is 2.99. The summed E-state index contributed by atoms with van der Waals surface area (Å²) in [7, 11) is -3.69. The number of sulfone groups is 1. The molecule has 15 heavy (non-hydrogen) atoms. The lowest BCUT2D eigenvalue weighted by atomic mass is 10.2. The summed E-state index contributed by atoms with van der Waals surface area (Å²) in [4.78, 5) is 0. The number of halogens is 3. The second-order valence-electron chi connectivity index (χ2n) is 2.72. The average molecular weight is 234 g/mol. The molecule has 0 atom stereocenters. The molecule has 0 radical (unpaired) electrons. The Bertz CT molecular complexity index is 553. The van der Waals surface area contributed by atoms with Gasteiger partial charge in [-0.25, -0.2) is 21.6 Å². The van der Waals surface area contributed by atoms with Crippen molar-refractivity contribution in [2.75, 3.05) is 6.26 Å². The highest BCUT2D eigenvalue weighted by Crippen LogP contribution is 2.14. The van der Waals surface area contributed by atoms with Crippen LogP contribution >= 0.6 is 0 Å². The Kier molecular flexibility index (Phi) is 3.05. The Labute approximate surface area is 84.6 Å². The number of rotatable bonds is 0. The lowest BCUT2D eigenvalue weighted by molar-refractivity contribution is 0.491. The van der Waals surface area contributed by atoms with Crippen LogP contribution in [-0.2, 0) is 9.84 Å². The van der Waals surface area contributed by atoms with Crippen molar-refractivity contribution in [3.8, 4) is 11.2 Å². The maximum absolute atomic E-state index is 12.9. The van der Waals surface area contributed by atoms with Gasteiger partial charge in [-0.1, -0.05) is 0 Å². The van der Waals surface area contributed by atoms with Gasteiger partial charge < -0.3 is 0 Å². The van der Waals surface area contributed by atoms with E-state index in [0.29, 0.717) is 12.1 Å². The molecule has 0 N–H and O–H groups in total. The molecule has 0 aromatic heterocycles. The van der Waals surface area contributed by atoms with Gasteiger partial charge in [-0.3, -0.25) is 0 Å². The van der Waals surface area contributed by atoms with E-state index in [1.165, 1.54) is 0 Å². The van der Waals surface area contributed by atoms with Gasteiger partial charge in [0.25, 0.3) is 0 Å². The zero-order valence-corrected chi connectivity index (χ0v) is 8.33. The highest BCUT2D eigenvalue weighted by atomic mass is 32.2. The van der Waals surface area contributed by atoms with E-state index in [0.717, 1.165) is 6.26 Å². The fourth-order valence-electron chi connectivity index (χ4n) is 0.785. The maximum atomic E-state index is 12.9. The molecule has 0 spiro atoms. The first-order valence-corrected chi connectivity index (χ1v) is 5.56. The molecule has 1 rings (SSSR count). The number of benzene rings is 1. The summed E-state index contributed by atoms with van der Waals surface area (Å²) in [6.45, 7) is 0. The Balaban J connectivity index is 3.37. The lowest BCUT2D eigenvalue weighted by Gasteiger charge is -1.97. The van der Waals surface area contributed by atoms with Gasteiger partial charge in [-0.15, -0.1) is 0 Å². The molecule has 0 saturated carbocycles. The Morgan fingerprint density at radius 1 is 1.13 bits per heavy atom. The van der Waals surface area contributed by atoms with Crippen molar-refractivity contribution < 1.29 is 21.6 Å². The normalized spacial score (nSPS) is 10.7. The van der Waals surface area contributed by atoms with Crippen LogP contribution in [0.25, 0.3) is 0 Å². The molecule has 1 aromatic rings. The molecule has 0 aliphatic carbocycles. The molecule has 1 aromatic carbocycles. The summed E-state index contributed by atoms with van der Waals surface area (Å²) in [5.74, 6) is -2.15. The van der Waals surface area contributed by atoms with Crippen molar-refractivity contribution in [2.24, 2.45) is 0 Å². The summed E-state index contributed by atoms with van der Waals surface area (Å²) in [6.07, 6.45) is 0.773. The van der Waals surface area contributed by atoms with Gasteiger partial charge in [-0.2, -0.15) is 0 Å². The highest BCUT2D eigenvalue weighted by molar-refractivity contribution is 7.95. The van der Waals surface area contributed by atoms with Crippen LogP contribution in [0.1, 0.15) is 5.56 Å². The second-order valence-corrected chi connectivity index (χ2v) is 4.47. The van der Waals surface area contributed by atoms with Crippen molar-refractivity contribution in [1.29, 1.82) is 0 Å². The van der Waals surface area contributed by atoms with E-state index in [-0.39, 0.29) is 0 Å². The van der Waals surface area contributed by atoms with Gasteiger partial charge >= 0.3 is 0 Å². The maximum Gasteiger partial charge on any atom is 0.214 e. The average Bonchev–Trinajstić information content (AvgIpc) is 2.10. The predicted molar refractivity (Wildman–Crippen MR) is 48.0 cm³/mol. The first-order chi connectivity index (χ1) is 6.81. The molecule has 6 heteroatoms. The standard InChI is InChI=1S/C9H5F3O2S/c1-15(13,14)5-4-6-7(10)2-3-8(11)9(6)12/h2-3H,1H3. The molecule has 0 bridgehead atoms. The molecule has 2 nitrogen and oxygen atoms in total. The van der Waals surface area contributed by atoms with Crippen LogP contribution in [0.15, 0.2) is 12.1 Å². The van der Waals surface area contributed by atoms with Crippen LogP contribution in [0.4, 0.5) is 13.2 Å². The van der Waals surface area contributed by atoms with E-state index >= 15 is 0 Å². The topological polar surface area (TPSA) is 34.1 Å². The smallest absolute Gasteiger partial charge is 0.214 e. The Hall–Kier alpha value is -1.48. The summed E-state index contributed by atoms with van der Waals surface area (Å²) in [5, 5.41) is 1.62. The number of hydrogen-bond donors (Lipinski definition) is 0. The van der Waals surface area contributed by atoms with Crippen LogP contribution in [0.3, 0.4) is 0 Å². The monoisotopic (exact) mass is 234 g/mol. The first-order valence-electron chi connectivity index (χ1n) is 3.67. The van der Waals surface area contributed by atoms with Crippen molar-refractivity contribution in [3.63, 3.8) is 0 Å². The number of hydrogen-bond acceptors (Lipinski definition) is 2. The van der Waals surface area contributed by atoms with Crippen molar-refractivity contribution in [1.82, 2.24) is 0 Å². The molecule has 0 saturated heterocycles. The zero-order chi connectivity index (χ0) is 11.6. The Morgan fingerprint density at radius 2 is 1.67 bits per heavy atom. The fraction of sp³-hybridized carbons (Fsp3) is 0.111. The van der Waals surface area contributed by atoms with Gasteiger partial charge in [0.1, 0.15) is 11.4 Å². The minimum absolute atomic E-state index is 0.594. The SMILES string of the molecule is CS(=O)(=O)C#Cc1c(F)ccc(F)c1F. The minimum Gasteiger partial charge on any atom is -0.216 e. The third-order valence-corrected chi connectivity index (χ3v) is 1.88. The van der Waals surface area contributed by atoms with E-state index in [4.69, 9.17) is 0 Å². The van der Waals surface area contributed by atoms with Crippen molar-refractivity contribution in [3.05, 3.63) is 35.1 Å². The molecule has 0 fully saturated rings. The lowest BCUT2D eigenvalue weighted by Crippen LogP contribution is -1.96. The molecule has 0 amide bonds. The molecule has 0 heterocycles. The van der Waals surface area contributed by atoms with Crippen LogP contribution in [0.5, 0.6) is 0 Å². The minimum atomic E-state index is -3.69. The fourth-order valence-corrected chi connectivity index (χ4v) is 1.07. The van der Waals surface area contributed by atoms with E-state index in [1.54, 1.807) is 11.2 Å². The quantitative estimate of drug-likeness (QED) is 0.503. The summed E-state index contributed by atoms with van der Waals surface area (Å²) in [5.41, 5.74) is -0.888. The molecule has 0 aliphatic rings. The summed E-state index contributed by atoms with van der Waals surface area (Å²) < 4.78 is 59.6. The van der Waals surface area contributed by atoms with E-state index in [1.807, 2.05) is 0 Å². The highest BCUT2D eigenvalue weighted by Gasteiger charge is 2.11. The van der Waals surface area contributed by atoms with Crippen LogP contribution < -0.4 is 0 Å². The zero-order valence-electron chi connectivity index (χ0n) is 7.51. The molecular formula is C9H5F3O2S. The molecule has 0 aliphatic heterocycles. The molecule has 80 valence electrons. The molecule has 0 unspecified atom stereocenters. The third-order valence-electron chi connectivity index (χ3n) is 1.41. The van der Waals surface area contributed by atoms with Crippen molar-refractivity contribution in [2.45, 2.75) is 0 Å². The predicted octanol–water partition coefficient (Wildman–Crippen LogP) is 1.46. The first kappa shape index (κ1) is 11.6. The van der Waals surface area contributed by atoms with Gasteiger partial charge in [0, 0.05) is 5.25 Å². The van der Waals surface area contributed by atoms with Crippen LogP contribution in [0, 0.1) is 28.6 Å². The van der Waals surface area contributed by atoms with Crippen LogP contribution in [-0.4, -0.2) is 14.7 Å². The second kappa shape index (κ2) is 3.95. The van der Waals surface area contributed by atoms with Crippen molar-refractivity contribution >= 4 is 9.84 Å². The molecular weight excluding hydrogens is 229 g/mol. The van der Waals surface area contributed by atoms with Gasteiger partial charge in [-0.05, 0) is 18.1 Å². The Morgan fingerprint density at radius 3 is 2.20 bits per heavy atom. The largest absolute Gasteiger partial charge is 0.216 e. The van der Waals surface area contributed by atoms with Crippen LogP contribution in [0.2, 0.25) is 0 Å².